The summed E-state index contributed by atoms with van der Waals surface area (Å²) >= 11 is 0. The first-order valence-electron chi connectivity index (χ1n) is 47.9. The number of aromatic nitrogens is 2. The number of hydrogen-bond acceptors (Lipinski definition) is 5. The molecule has 6 aliphatic rings. The molecule has 6 saturated carbocycles. The number of anilines is 9. The second-order valence-electron chi connectivity index (χ2n) is 39.0. The van der Waals surface area contributed by atoms with Gasteiger partial charge in [0.1, 0.15) is 0 Å². The number of hydrogen-bond donors (Lipinski definition) is 0. The molecule has 9 unspecified atom stereocenters. The van der Waals surface area contributed by atoms with Gasteiger partial charge >= 0.3 is 0 Å². The fourth-order valence-corrected chi connectivity index (χ4v) is 23.9. The van der Waals surface area contributed by atoms with Crippen LogP contribution < -0.4 is 14.7 Å². The van der Waals surface area contributed by atoms with E-state index in [0.717, 1.165) is 98.8 Å². The molecule has 9 atom stereocenters. The number of benzene rings is 15. The van der Waals surface area contributed by atoms with Crippen LogP contribution in [0, 0.1) is 90.9 Å². The molecule has 130 heavy (non-hydrogen) atoms. The minimum atomic E-state index is 0.738. The fourth-order valence-electron chi connectivity index (χ4n) is 23.9. The molecular weight excluding hydrogens is 1570 g/mol. The van der Waals surface area contributed by atoms with Gasteiger partial charge in [0.15, 0.2) is 0 Å². The van der Waals surface area contributed by atoms with Gasteiger partial charge in [-0.3, -0.25) is 9.97 Å². The number of aryl methyl sites for hydroxylation is 8. The molecule has 23 rings (SSSR count). The van der Waals surface area contributed by atoms with Crippen molar-refractivity contribution in [3.05, 3.63) is 426 Å². The first kappa shape index (κ1) is 83.4. The van der Waals surface area contributed by atoms with Crippen LogP contribution in [0.2, 0.25) is 0 Å². The minimum absolute atomic E-state index is 0.738. The summed E-state index contributed by atoms with van der Waals surface area (Å²) < 4.78 is 0. The molecule has 6 bridgehead atoms. The molecule has 17 aromatic rings. The van der Waals surface area contributed by atoms with Crippen LogP contribution in [-0.2, 0) is 0 Å². The standard InChI is InChI=1S/C45H37N.C41H41N.C39H39N3/c1-2-8-32(9-3-1)33-16-22-38(23-17-33)46(39-24-18-34(19-25-39)44-29-31-14-15-37(44)28-31)40-26-20-35(21-27-40)45-30-36-10-4-5-11-41(36)42-12-6-7-13-43(42)45;1-27-19-28(2)22-36(21-27)32-7-13-38(14-8-32)42(39-15-9-33(10-16-39)37-23-29(3)20-30(4)24-37)40-17-11-34(12-18-40)41-26-31-5-6-35(41)25-31;1-25-19-34(20-26(2)40-25)30-7-13-36(14-8-30)42(37-15-9-31(10-16-37)35-21-27(3)41-28(4)22-35)38-17-11-32(12-18-38)39-24-29-5-6-33(39)23-29/h1-13,16-27,30-31,37,44H,14-15,28-29H2;7-24,31,35,41H,5-6,25-26H2,1-4H3;7-22,29,33,39H,5-6,23-24H2,1-4H3. The second kappa shape index (κ2) is 36.2. The van der Waals surface area contributed by atoms with E-state index < -0.39 is 0 Å². The van der Waals surface area contributed by atoms with Gasteiger partial charge in [-0.25, -0.2) is 0 Å². The molecule has 0 N–H and O–H groups in total. The Morgan fingerprint density at radius 3 is 0.754 bits per heavy atom. The van der Waals surface area contributed by atoms with E-state index in [2.05, 4.69) is 444 Å². The van der Waals surface area contributed by atoms with E-state index in [1.807, 2.05) is 0 Å². The largest absolute Gasteiger partial charge is 0.311 e. The van der Waals surface area contributed by atoms with Crippen molar-refractivity contribution in [1.29, 1.82) is 0 Å². The highest BCUT2D eigenvalue weighted by Gasteiger charge is 2.43. The molecule has 0 aliphatic heterocycles. The van der Waals surface area contributed by atoms with Gasteiger partial charge < -0.3 is 14.7 Å². The minimum Gasteiger partial charge on any atom is -0.311 e. The fraction of sp³-hybridized carbons (Fsp3) is 0.232. The van der Waals surface area contributed by atoms with E-state index in [1.165, 1.54) is 233 Å². The predicted molar refractivity (Wildman–Crippen MR) is 549 cm³/mol. The van der Waals surface area contributed by atoms with Crippen LogP contribution in [0.4, 0.5) is 51.2 Å². The topological polar surface area (TPSA) is 35.5 Å². The summed E-state index contributed by atoms with van der Waals surface area (Å²) in [6, 6.07) is 135. The monoisotopic (exact) mass is 1690 g/mol. The summed E-state index contributed by atoms with van der Waals surface area (Å²) in [6.07, 6.45) is 17.0. The Hall–Kier alpha value is -13.5. The number of nitrogens with zero attached hydrogens (tertiary/aromatic N) is 5. The average Bonchev–Trinajstić information content (AvgIpc) is 1.02. The lowest BCUT2D eigenvalue weighted by atomic mass is 9.83. The van der Waals surface area contributed by atoms with Crippen LogP contribution in [0.1, 0.15) is 157 Å². The van der Waals surface area contributed by atoms with Crippen LogP contribution >= 0.6 is 0 Å². The van der Waals surface area contributed by atoms with E-state index in [-0.39, 0.29) is 0 Å². The second-order valence-corrected chi connectivity index (χ2v) is 39.0. The molecule has 15 aromatic carbocycles. The highest BCUT2D eigenvalue weighted by Crippen LogP contribution is 2.57. The van der Waals surface area contributed by atoms with E-state index in [0.29, 0.717) is 0 Å². The highest BCUT2D eigenvalue weighted by molar-refractivity contribution is 6.14. The molecule has 642 valence electrons. The van der Waals surface area contributed by atoms with E-state index in [9.17, 15) is 0 Å². The zero-order valence-corrected chi connectivity index (χ0v) is 76.6. The Bertz CT molecular complexity index is 6370. The van der Waals surface area contributed by atoms with Gasteiger partial charge in [0.2, 0.25) is 0 Å². The van der Waals surface area contributed by atoms with Gasteiger partial charge in [0.05, 0.1) is 0 Å². The Morgan fingerprint density at radius 2 is 0.454 bits per heavy atom. The summed E-state index contributed by atoms with van der Waals surface area (Å²) in [5.41, 5.74) is 39.4. The summed E-state index contributed by atoms with van der Waals surface area (Å²) in [4.78, 5) is 16.3. The van der Waals surface area contributed by atoms with Gasteiger partial charge in [0.25, 0.3) is 0 Å². The van der Waals surface area contributed by atoms with Crippen LogP contribution in [-0.4, -0.2) is 9.97 Å². The van der Waals surface area contributed by atoms with Crippen LogP contribution in [0.15, 0.2) is 364 Å². The van der Waals surface area contributed by atoms with Crippen molar-refractivity contribution in [2.45, 2.75) is 150 Å². The molecule has 5 nitrogen and oxygen atoms in total. The molecule has 5 heteroatoms. The van der Waals surface area contributed by atoms with Gasteiger partial charge in [-0.05, 0) is 411 Å². The van der Waals surface area contributed by atoms with Crippen molar-refractivity contribution in [2.24, 2.45) is 35.5 Å². The maximum Gasteiger partial charge on any atom is 0.0462 e. The first-order valence-corrected chi connectivity index (χ1v) is 47.9. The third kappa shape index (κ3) is 17.6. The lowest BCUT2D eigenvalue weighted by Crippen LogP contribution is -2.11. The predicted octanol–water partition coefficient (Wildman–Crippen LogP) is 34.7. The third-order valence-electron chi connectivity index (χ3n) is 29.8. The first-order chi connectivity index (χ1) is 63.6. The third-order valence-corrected chi connectivity index (χ3v) is 29.8. The zero-order chi connectivity index (χ0) is 88.0. The number of rotatable bonds is 18. The zero-order valence-electron chi connectivity index (χ0n) is 76.6. The Balaban J connectivity index is 0.000000118. The van der Waals surface area contributed by atoms with Crippen LogP contribution in [0.3, 0.4) is 0 Å². The van der Waals surface area contributed by atoms with Crippen molar-refractivity contribution in [2.75, 3.05) is 14.7 Å². The summed E-state index contributed by atoms with van der Waals surface area (Å²) in [5, 5.41) is 5.17. The molecule has 0 radical (unpaired) electrons. The average molecular weight is 1690 g/mol. The molecule has 2 aromatic heterocycles. The Labute approximate surface area is 770 Å². The number of pyridine rings is 2. The van der Waals surface area contributed by atoms with Gasteiger partial charge in [-0.2, -0.15) is 0 Å². The van der Waals surface area contributed by atoms with Gasteiger partial charge in [-0.1, -0.05) is 266 Å². The Morgan fingerprint density at radius 1 is 0.200 bits per heavy atom. The van der Waals surface area contributed by atoms with Crippen molar-refractivity contribution in [3.8, 4) is 66.8 Å². The normalized spacial score (nSPS) is 19.1. The molecule has 6 fully saturated rings. The maximum atomic E-state index is 4.56. The lowest BCUT2D eigenvalue weighted by Gasteiger charge is -2.27. The SMILES string of the molecule is Cc1cc(-c2ccc(N(c3ccc(-c4cc(C)nc(C)c4)cc3)c3ccc(C4CC5CCC4C5)cc3)cc2)cc(C)n1.Cc1cc(C)cc(-c2ccc(N(c3ccc(-c4cc(C)cc(C)c4)cc3)c3ccc(C4CC5CCC4C5)cc3)cc2)c1.c1ccc(-c2ccc(N(c3ccc(-c4cc5ccccc5c5ccccc45)cc3)c3ccc(C4CC5CCC4C5)cc3)cc2)cc1. The summed E-state index contributed by atoms with van der Waals surface area (Å²) in [6.45, 7) is 16.9. The molecule has 0 amide bonds. The van der Waals surface area contributed by atoms with Crippen molar-refractivity contribution >= 4 is 72.7 Å². The van der Waals surface area contributed by atoms with Crippen LogP contribution in [0.5, 0.6) is 0 Å². The van der Waals surface area contributed by atoms with Crippen molar-refractivity contribution in [3.63, 3.8) is 0 Å². The maximum absolute atomic E-state index is 4.56. The lowest BCUT2D eigenvalue weighted by molar-refractivity contribution is 0.420. The molecule has 2 heterocycles. The molecule has 0 saturated heterocycles. The van der Waals surface area contributed by atoms with Crippen molar-refractivity contribution in [1.82, 2.24) is 9.97 Å². The van der Waals surface area contributed by atoms with Crippen molar-refractivity contribution < 1.29 is 0 Å². The Kier molecular flexibility index (Phi) is 23.2. The molecule has 6 aliphatic carbocycles. The quantitative estimate of drug-likeness (QED) is 0.0800. The summed E-state index contributed by atoms with van der Waals surface area (Å²) in [5.74, 6) is 7.76. The molecule has 0 spiro atoms. The van der Waals surface area contributed by atoms with E-state index >= 15 is 0 Å². The van der Waals surface area contributed by atoms with Gasteiger partial charge in [0, 0.05) is 74.0 Å². The number of fused-ring (bicyclic) bond motifs is 9. The van der Waals surface area contributed by atoms with Crippen LogP contribution in [0.25, 0.3) is 88.3 Å². The summed E-state index contributed by atoms with van der Waals surface area (Å²) in [7, 11) is 0. The smallest absolute Gasteiger partial charge is 0.0462 e. The van der Waals surface area contributed by atoms with E-state index in [1.54, 1.807) is 0 Å². The highest BCUT2D eigenvalue weighted by atomic mass is 15.2. The van der Waals surface area contributed by atoms with Gasteiger partial charge in [-0.15, -0.1) is 0 Å². The molecular formula is C125H117N5. The van der Waals surface area contributed by atoms with E-state index in [4.69, 9.17) is 0 Å².